The maximum absolute atomic E-state index is 12.1. The van der Waals surface area contributed by atoms with Gasteiger partial charge in [0.1, 0.15) is 5.75 Å². The van der Waals surface area contributed by atoms with Gasteiger partial charge in [0.15, 0.2) is 0 Å². The van der Waals surface area contributed by atoms with Crippen molar-refractivity contribution in [2.24, 2.45) is 11.7 Å². The standard InChI is InChI=1S/C13H18N2O2/c1-17-12-5-3-2-4-10(12)13(16)15-11(8-14)9-6-7-9/h2-5,9,11H,6-8,14H2,1H3,(H,15,16). The van der Waals surface area contributed by atoms with Crippen molar-refractivity contribution in [1.82, 2.24) is 5.32 Å². The monoisotopic (exact) mass is 234 g/mol. The average Bonchev–Trinajstić information content (AvgIpc) is 3.19. The predicted molar refractivity (Wildman–Crippen MR) is 66.0 cm³/mol. The smallest absolute Gasteiger partial charge is 0.255 e. The predicted octanol–water partition coefficient (Wildman–Crippen LogP) is 1.16. The fourth-order valence-corrected chi connectivity index (χ4v) is 1.95. The highest BCUT2D eigenvalue weighted by Gasteiger charge is 2.31. The molecule has 2 rings (SSSR count). The van der Waals surface area contributed by atoms with Crippen LogP contribution in [-0.2, 0) is 0 Å². The molecule has 17 heavy (non-hydrogen) atoms. The normalized spacial score (nSPS) is 16.4. The lowest BCUT2D eigenvalue weighted by molar-refractivity contribution is 0.0930. The zero-order valence-corrected chi connectivity index (χ0v) is 9.98. The fraction of sp³-hybridized carbons (Fsp3) is 0.462. The zero-order chi connectivity index (χ0) is 12.3. The van der Waals surface area contributed by atoms with E-state index in [0.29, 0.717) is 23.8 Å². The van der Waals surface area contributed by atoms with Gasteiger partial charge in [0.25, 0.3) is 5.91 Å². The van der Waals surface area contributed by atoms with E-state index in [2.05, 4.69) is 5.32 Å². The van der Waals surface area contributed by atoms with Crippen molar-refractivity contribution >= 4 is 5.91 Å². The molecule has 0 radical (unpaired) electrons. The number of amides is 1. The summed E-state index contributed by atoms with van der Waals surface area (Å²) in [7, 11) is 1.56. The molecule has 1 fully saturated rings. The van der Waals surface area contributed by atoms with Crippen molar-refractivity contribution in [3.05, 3.63) is 29.8 Å². The lowest BCUT2D eigenvalue weighted by Gasteiger charge is -2.17. The Morgan fingerprint density at radius 1 is 1.53 bits per heavy atom. The Labute approximate surface area is 101 Å². The molecule has 0 heterocycles. The first-order valence-electron chi connectivity index (χ1n) is 5.90. The molecular weight excluding hydrogens is 216 g/mol. The van der Waals surface area contributed by atoms with Crippen molar-refractivity contribution in [2.75, 3.05) is 13.7 Å². The number of nitrogens with two attached hydrogens (primary N) is 1. The summed E-state index contributed by atoms with van der Waals surface area (Å²) in [6.07, 6.45) is 2.32. The number of ether oxygens (including phenoxy) is 1. The van der Waals surface area contributed by atoms with Crippen molar-refractivity contribution in [3.8, 4) is 5.75 Å². The van der Waals surface area contributed by atoms with Crippen LogP contribution in [0, 0.1) is 5.92 Å². The first kappa shape index (κ1) is 11.9. The van der Waals surface area contributed by atoms with Crippen LogP contribution in [0.1, 0.15) is 23.2 Å². The minimum atomic E-state index is -0.107. The van der Waals surface area contributed by atoms with E-state index in [4.69, 9.17) is 10.5 Å². The summed E-state index contributed by atoms with van der Waals surface area (Å²) >= 11 is 0. The highest BCUT2D eigenvalue weighted by Crippen LogP contribution is 2.32. The second kappa shape index (κ2) is 5.19. The third kappa shape index (κ3) is 2.77. The molecular formula is C13H18N2O2. The summed E-state index contributed by atoms with van der Waals surface area (Å²) < 4.78 is 5.17. The van der Waals surface area contributed by atoms with Gasteiger partial charge in [-0.2, -0.15) is 0 Å². The molecule has 1 unspecified atom stereocenters. The van der Waals surface area contributed by atoms with E-state index < -0.39 is 0 Å². The molecule has 1 aromatic rings. The topological polar surface area (TPSA) is 64.3 Å². The molecule has 1 saturated carbocycles. The van der Waals surface area contributed by atoms with Gasteiger partial charge in [0.2, 0.25) is 0 Å². The van der Waals surface area contributed by atoms with E-state index in [9.17, 15) is 4.79 Å². The third-order valence-electron chi connectivity index (χ3n) is 3.11. The third-order valence-corrected chi connectivity index (χ3v) is 3.11. The molecule has 1 aliphatic carbocycles. The number of para-hydroxylation sites is 1. The first-order valence-corrected chi connectivity index (χ1v) is 5.90. The van der Waals surface area contributed by atoms with Crippen LogP contribution in [0.25, 0.3) is 0 Å². The summed E-state index contributed by atoms with van der Waals surface area (Å²) in [5, 5.41) is 2.98. The second-order valence-corrected chi connectivity index (χ2v) is 4.35. The van der Waals surface area contributed by atoms with Gasteiger partial charge in [-0.05, 0) is 30.9 Å². The number of rotatable bonds is 5. The summed E-state index contributed by atoms with van der Waals surface area (Å²) in [6.45, 7) is 0.492. The largest absolute Gasteiger partial charge is 0.496 e. The van der Waals surface area contributed by atoms with Gasteiger partial charge in [0, 0.05) is 12.6 Å². The number of carbonyl (C=O) groups excluding carboxylic acids is 1. The molecule has 1 atom stereocenters. The summed E-state index contributed by atoms with van der Waals surface area (Å²) in [5.74, 6) is 1.04. The lowest BCUT2D eigenvalue weighted by Crippen LogP contribution is -2.41. The minimum absolute atomic E-state index is 0.0902. The molecule has 4 nitrogen and oxygen atoms in total. The molecule has 1 amide bonds. The van der Waals surface area contributed by atoms with Gasteiger partial charge in [-0.1, -0.05) is 12.1 Å². The van der Waals surface area contributed by atoms with Crippen LogP contribution in [-0.4, -0.2) is 25.6 Å². The fourth-order valence-electron chi connectivity index (χ4n) is 1.95. The van der Waals surface area contributed by atoms with Gasteiger partial charge < -0.3 is 15.8 Å². The van der Waals surface area contributed by atoms with Gasteiger partial charge in [-0.3, -0.25) is 4.79 Å². The van der Waals surface area contributed by atoms with Crippen LogP contribution < -0.4 is 15.8 Å². The average molecular weight is 234 g/mol. The Morgan fingerprint density at radius 3 is 2.82 bits per heavy atom. The number of carbonyl (C=O) groups is 1. The summed E-state index contributed by atoms with van der Waals surface area (Å²) in [4.78, 5) is 12.1. The number of hydrogen-bond donors (Lipinski definition) is 2. The van der Waals surface area contributed by atoms with Crippen molar-refractivity contribution < 1.29 is 9.53 Å². The number of hydrogen-bond acceptors (Lipinski definition) is 3. The van der Waals surface area contributed by atoms with E-state index in [1.54, 1.807) is 19.2 Å². The molecule has 0 aromatic heterocycles. The Morgan fingerprint density at radius 2 is 2.24 bits per heavy atom. The Kier molecular flexibility index (Phi) is 3.64. The van der Waals surface area contributed by atoms with Crippen LogP contribution in [0.15, 0.2) is 24.3 Å². The number of nitrogens with one attached hydrogen (secondary N) is 1. The highest BCUT2D eigenvalue weighted by atomic mass is 16.5. The minimum Gasteiger partial charge on any atom is -0.496 e. The van der Waals surface area contributed by atoms with E-state index >= 15 is 0 Å². The van der Waals surface area contributed by atoms with E-state index in [0.717, 1.165) is 12.8 Å². The SMILES string of the molecule is COc1ccccc1C(=O)NC(CN)C1CC1. The van der Waals surface area contributed by atoms with Gasteiger partial charge in [-0.15, -0.1) is 0 Å². The molecule has 0 aliphatic heterocycles. The maximum atomic E-state index is 12.1. The Balaban J connectivity index is 2.07. The second-order valence-electron chi connectivity index (χ2n) is 4.35. The Hall–Kier alpha value is -1.55. The van der Waals surface area contributed by atoms with Crippen molar-refractivity contribution in [1.29, 1.82) is 0 Å². The summed E-state index contributed by atoms with van der Waals surface area (Å²) in [6, 6.07) is 7.30. The number of benzene rings is 1. The van der Waals surface area contributed by atoms with Gasteiger partial charge >= 0.3 is 0 Å². The van der Waals surface area contributed by atoms with E-state index in [-0.39, 0.29) is 11.9 Å². The van der Waals surface area contributed by atoms with Crippen LogP contribution in [0.4, 0.5) is 0 Å². The molecule has 92 valence electrons. The van der Waals surface area contributed by atoms with E-state index in [1.165, 1.54) is 0 Å². The quantitative estimate of drug-likeness (QED) is 0.803. The van der Waals surface area contributed by atoms with Crippen molar-refractivity contribution in [2.45, 2.75) is 18.9 Å². The van der Waals surface area contributed by atoms with Crippen molar-refractivity contribution in [3.63, 3.8) is 0 Å². The molecule has 1 aromatic carbocycles. The molecule has 1 aliphatic rings. The number of methoxy groups -OCH3 is 1. The maximum Gasteiger partial charge on any atom is 0.255 e. The molecule has 0 spiro atoms. The van der Waals surface area contributed by atoms with Gasteiger partial charge in [0.05, 0.1) is 12.7 Å². The van der Waals surface area contributed by atoms with Gasteiger partial charge in [-0.25, -0.2) is 0 Å². The Bertz CT molecular complexity index is 402. The zero-order valence-electron chi connectivity index (χ0n) is 9.98. The van der Waals surface area contributed by atoms with E-state index in [1.807, 2.05) is 12.1 Å². The molecule has 3 N–H and O–H groups in total. The first-order chi connectivity index (χ1) is 8.26. The van der Waals surface area contributed by atoms with Crippen LogP contribution >= 0.6 is 0 Å². The molecule has 0 saturated heterocycles. The summed E-state index contributed by atoms with van der Waals surface area (Å²) in [5.41, 5.74) is 6.23. The lowest BCUT2D eigenvalue weighted by atomic mass is 10.1. The highest BCUT2D eigenvalue weighted by molar-refractivity contribution is 5.97. The molecule has 0 bridgehead atoms. The van der Waals surface area contributed by atoms with Crippen LogP contribution in [0.3, 0.4) is 0 Å². The van der Waals surface area contributed by atoms with Crippen LogP contribution in [0.2, 0.25) is 0 Å². The van der Waals surface area contributed by atoms with Crippen LogP contribution in [0.5, 0.6) is 5.75 Å². The molecule has 4 heteroatoms.